The fourth-order valence-corrected chi connectivity index (χ4v) is 2.67. The van der Waals surface area contributed by atoms with Crippen LogP contribution in [-0.2, 0) is 9.59 Å². The van der Waals surface area contributed by atoms with E-state index < -0.39 is 0 Å². The average molecular weight is 268 g/mol. The second-order valence-electron chi connectivity index (χ2n) is 5.43. The predicted molar refractivity (Wildman–Crippen MR) is 76.8 cm³/mol. The number of hydrogen-bond donors (Lipinski definition) is 1. The number of nitrogens with one attached hydrogen (secondary N) is 1. The Hall–Kier alpha value is -0.900. The number of unbranched alkanes of at least 4 members (excludes halogenated alkanes) is 1. The number of carbonyl (C=O) groups is 2. The van der Waals surface area contributed by atoms with Crippen LogP contribution in [0.25, 0.3) is 0 Å². The SMILES string of the molecule is CCCCC(CCC)NC1CC(=O)N(CCC)C1=O. The Morgan fingerprint density at radius 1 is 1.16 bits per heavy atom. The van der Waals surface area contributed by atoms with E-state index in [1.165, 1.54) is 17.7 Å². The van der Waals surface area contributed by atoms with Gasteiger partial charge in [-0.3, -0.25) is 14.5 Å². The average Bonchev–Trinajstić information content (AvgIpc) is 2.64. The Morgan fingerprint density at radius 2 is 1.89 bits per heavy atom. The molecule has 2 atom stereocenters. The molecule has 1 rings (SSSR count). The number of hydrogen-bond acceptors (Lipinski definition) is 3. The van der Waals surface area contributed by atoms with Gasteiger partial charge in [0.2, 0.25) is 11.8 Å². The van der Waals surface area contributed by atoms with E-state index in [1.807, 2.05) is 6.92 Å². The third-order valence-corrected chi connectivity index (χ3v) is 3.67. The van der Waals surface area contributed by atoms with E-state index >= 15 is 0 Å². The van der Waals surface area contributed by atoms with Crippen LogP contribution < -0.4 is 5.32 Å². The van der Waals surface area contributed by atoms with Crippen molar-refractivity contribution in [3.63, 3.8) is 0 Å². The standard InChI is InChI=1S/C15H28N2O2/c1-4-7-9-12(8-5-2)16-13-11-14(18)17(10-6-3)15(13)19/h12-13,16H,4-11H2,1-3H3. The van der Waals surface area contributed by atoms with Crippen LogP contribution in [0.3, 0.4) is 0 Å². The summed E-state index contributed by atoms with van der Waals surface area (Å²) in [6.07, 6.45) is 6.78. The highest BCUT2D eigenvalue weighted by molar-refractivity contribution is 6.05. The van der Waals surface area contributed by atoms with Gasteiger partial charge in [0, 0.05) is 12.6 Å². The molecule has 0 bridgehead atoms. The third-order valence-electron chi connectivity index (χ3n) is 3.67. The molecule has 0 saturated carbocycles. The molecule has 1 fully saturated rings. The lowest BCUT2D eigenvalue weighted by Crippen LogP contribution is -2.44. The Morgan fingerprint density at radius 3 is 2.47 bits per heavy atom. The summed E-state index contributed by atoms with van der Waals surface area (Å²) >= 11 is 0. The summed E-state index contributed by atoms with van der Waals surface area (Å²) in [5.41, 5.74) is 0. The van der Waals surface area contributed by atoms with Crippen molar-refractivity contribution in [3.05, 3.63) is 0 Å². The first-order valence-electron chi connectivity index (χ1n) is 7.74. The lowest BCUT2D eigenvalue weighted by atomic mass is 10.0. The minimum atomic E-state index is -0.285. The van der Waals surface area contributed by atoms with Crippen LogP contribution in [0.15, 0.2) is 0 Å². The van der Waals surface area contributed by atoms with Crippen LogP contribution in [0, 0.1) is 0 Å². The van der Waals surface area contributed by atoms with Crippen LogP contribution in [0.5, 0.6) is 0 Å². The summed E-state index contributed by atoms with van der Waals surface area (Å²) in [5, 5.41) is 3.41. The van der Waals surface area contributed by atoms with Gasteiger partial charge >= 0.3 is 0 Å². The molecule has 2 amide bonds. The van der Waals surface area contributed by atoms with Crippen molar-refractivity contribution in [2.75, 3.05) is 6.54 Å². The van der Waals surface area contributed by atoms with Gasteiger partial charge in [-0.1, -0.05) is 40.0 Å². The molecule has 0 spiro atoms. The molecular formula is C15H28N2O2. The fourth-order valence-electron chi connectivity index (χ4n) is 2.67. The van der Waals surface area contributed by atoms with Gasteiger partial charge in [0.1, 0.15) is 0 Å². The van der Waals surface area contributed by atoms with Gasteiger partial charge in [-0.15, -0.1) is 0 Å². The van der Waals surface area contributed by atoms with Crippen molar-refractivity contribution in [3.8, 4) is 0 Å². The summed E-state index contributed by atoms with van der Waals surface area (Å²) in [4.78, 5) is 25.4. The predicted octanol–water partition coefficient (Wildman–Crippen LogP) is 2.47. The number of nitrogens with zero attached hydrogens (tertiary/aromatic N) is 1. The van der Waals surface area contributed by atoms with E-state index in [0.29, 0.717) is 19.0 Å². The molecule has 1 saturated heterocycles. The van der Waals surface area contributed by atoms with Crippen molar-refractivity contribution in [2.24, 2.45) is 0 Å². The van der Waals surface area contributed by atoms with Crippen LogP contribution in [0.2, 0.25) is 0 Å². The van der Waals surface area contributed by atoms with Gasteiger partial charge in [-0.25, -0.2) is 0 Å². The molecule has 1 heterocycles. The molecule has 0 aliphatic carbocycles. The van der Waals surface area contributed by atoms with Gasteiger partial charge in [-0.2, -0.15) is 0 Å². The zero-order valence-electron chi connectivity index (χ0n) is 12.6. The number of imide groups is 1. The molecule has 4 nitrogen and oxygen atoms in total. The molecule has 19 heavy (non-hydrogen) atoms. The fraction of sp³-hybridized carbons (Fsp3) is 0.867. The Labute approximate surface area is 116 Å². The third kappa shape index (κ3) is 4.60. The summed E-state index contributed by atoms with van der Waals surface area (Å²) in [6.45, 7) is 6.88. The molecular weight excluding hydrogens is 240 g/mol. The Balaban J connectivity index is 2.54. The van der Waals surface area contributed by atoms with Gasteiger partial charge in [0.15, 0.2) is 0 Å². The van der Waals surface area contributed by atoms with Crippen molar-refractivity contribution in [1.29, 1.82) is 0 Å². The van der Waals surface area contributed by atoms with E-state index in [1.54, 1.807) is 0 Å². The maximum absolute atomic E-state index is 12.2. The van der Waals surface area contributed by atoms with Crippen LogP contribution >= 0.6 is 0 Å². The Bertz CT molecular complexity index is 305. The molecule has 0 aromatic rings. The molecule has 1 aliphatic rings. The van der Waals surface area contributed by atoms with E-state index in [9.17, 15) is 9.59 Å². The van der Waals surface area contributed by atoms with E-state index in [4.69, 9.17) is 0 Å². The van der Waals surface area contributed by atoms with E-state index in [0.717, 1.165) is 25.7 Å². The highest BCUT2D eigenvalue weighted by Gasteiger charge is 2.38. The lowest BCUT2D eigenvalue weighted by molar-refractivity contribution is -0.138. The first-order chi connectivity index (χ1) is 9.13. The second-order valence-corrected chi connectivity index (χ2v) is 5.43. The zero-order chi connectivity index (χ0) is 14.3. The summed E-state index contributed by atoms with van der Waals surface area (Å²) < 4.78 is 0. The lowest BCUT2D eigenvalue weighted by Gasteiger charge is -2.21. The van der Waals surface area contributed by atoms with E-state index in [-0.39, 0.29) is 17.9 Å². The van der Waals surface area contributed by atoms with Gasteiger partial charge in [-0.05, 0) is 19.3 Å². The maximum Gasteiger partial charge on any atom is 0.246 e. The highest BCUT2D eigenvalue weighted by Crippen LogP contribution is 2.16. The smallest absolute Gasteiger partial charge is 0.246 e. The van der Waals surface area contributed by atoms with Crippen molar-refractivity contribution in [1.82, 2.24) is 10.2 Å². The van der Waals surface area contributed by atoms with Crippen LogP contribution in [0.4, 0.5) is 0 Å². The van der Waals surface area contributed by atoms with Crippen molar-refractivity contribution >= 4 is 11.8 Å². The number of rotatable bonds is 9. The van der Waals surface area contributed by atoms with Gasteiger partial charge in [0.25, 0.3) is 0 Å². The molecule has 2 unspecified atom stereocenters. The first kappa shape index (κ1) is 16.2. The van der Waals surface area contributed by atoms with Gasteiger partial charge < -0.3 is 5.32 Å². The first-order valence-corrected chi connectivity index (χ1v) is 7.74. The largest absolute Gasteiger partial charge is 0.303 e. The highest BCUT2D eigenvalue weighted by atomic mass is 16.2. The van der Waals surface area contributed by atoms with Gasteiger partial charge in [0.05, 0.1) is 12.5 Å². The van der Waals surface area contributed by atoms with Crippen molar-refractivity contribution in [2.45, 2.75) is 77.8 Å². The molecule has 110 valence electrons. The summed E-state index contributed by atoms with van der Waals surface area (Å²) in [7, 11) is 0. The van der Waals surface area contributed by atoms with Crippen LogP contribution in [0.1, 0.15) is 65.7 Å². The number of likely N-dealkylation sites (tertiary alicyclic amines) is 1. The quantitative estimate of drug-likeness (QED) is 0.654. The minimum Gasteiger partial charge on any atom is -0.303 e. The maximum atomic E-state index is 12.2. The number of amides is 2. The molecule has 4 heteroatoms. The summed E-state index contributed by atoms with van der Waals surface area (Å²) in [5.74, 6) is -0.0421. The van der Waals surface area contributed by atoms with Crippen molar-refractivity contribution < 1.29 is 9.59 Å². The topological polar surface area (TPSA) is 49.4 Å². The van der Waals surface area contributed by atoms with Crippen LogP contribution in [-0.4, -0.2) is 35.3 Å². The molecule has 0 aromatic heterocycles. The normalized spacial score (nSPS) is 21.2. The molecule has 0 aromatic carbocycles. The summed E-state index contributed by atoms with van der Waals surface area (Å²) in [6, 6.07) is 0.0840. The molecule has 0 radical (unpaired) electrons. The Kier molecular flexibility index (Phi) is 7.06. The molecule has 1 N–H and O–H groups in total. The zero-order valence-corrected chi connectivity index (χ0v) is 12.6. The molecule has 1 aliphatic heterocycles. The number of carbonyl (C=O) groups excluding carboxylic acids is 2. The minimum absolute atomic E-state index is 0.0184. The van der Waals surface area contributed by atoms with E-state index in [2.05, 4.69) is 19.2 Å². The monoisotopic (exact) mass is 268 g/mol. The second kappa shape index (κ2) is 8.31.